The maximum Gasteiger partial charge on any atom is 0.191 e. The van der Waals surface area contributed by atoms with E-state index in [9.17, 15) is 0 Å². The van der Waals surface area contributed by atoms with Crippen molar-refractivity contribution < 1.29 is 4.74 Å². The zero-order valence-electron chi connectivity index (χ0n) is 16.8. The molecule has 3 fully saturated rings. The van der Waals surface area contributed by atoms with E-state index in [1.165, 1.54) is 38.5 Å². The van der Waals surface area contributed by atoms with Crippen molar-refractivity contribution in [3.8, 4) is 0 Å². The van der Waals surface area contributed by atoms with Crippen LogP contribution in [0.15, 0.2) is 17.6 Å². The summed E-state index contributed by atoms with van der Waals surface area (Å²) >= 11 is 0. The normalized spacial score (nSPS) is 29.5. The van der Waals surface area contributed by atoms with Crippen molar-refractivity contribution in [2.45, 2.75) is 77.0 Å². The van der Waals surface area contributed by atoms with Crippen LogP contribution < -0.4 is 10.6 Å². The van der Waals surface area contributed by atoms with Gasteiger partial charge in [0.15, 0.2) is 5.96 Å². The summed E-state index contributed by atoms with van der Waals surface area (Å²) in [5.74, 6) is 1.01. The number of piperidine rings is 1. The van der Waals surface area contributed by atoms with Crippen molar-refractivity contribution in [1.82, 2.24) is 15.5 Å². The Balaban J connectivity index is 1.54. The summed E-state index contributed by atoms with van der Waals surface area (Å²) in [5.41, 5.74) is 0.347. The average Bonchev–Trinajstić information content (AvgIpc) is 3.16. The topological polar surface area (TPSA) is 48.9 Å². The predicted molar refractivity (Wildman–Crippen MR) is 109 cm³/mol. The van der Waals surface area contributed by atoms with Gasteiger partial charge in [-0.05, 0) is 46.0 Å². The molecular formula is C21H38N4O. The Kier molecular flexibility index (Phi) is 6.98. The number of hydrogen-bond acceptors (Lipinski definition) is 3. The minimum absolute atomic E-state index is 0.347. The highest BCUT2D eigenvalue weighted by atomic mass is 16.5. The molecule has 1 saturated heterocycles. The lowest BCUT2D eigenvalue weighted by Gasteiger charge is -2.54. The molecule has 5 nitrogen and oxygen atoms in total. The van der Waals surface area contributed by atoms with Crippen LogP contribution in [0.25, 0.3) is 0 Å². The summed E-state index contributed by atoms with van der Waals surface area (Å²) < 4.78 is 6.06. The van der Waals surface area contributed by atoms with Crippen LogP contribution in [0.2, 0.25) is 0 Å². The molecule has 0 aromatic heterocycles. The summed E-state index contributed by atoms with van der Waals surface area (Å²) in [7, 11) is 0. The Labute approximate surface area is 159 Å². The third kappa shape index (κ3) is 4.25. The van der Waals surface area contributed by atoms with Gasteiger partial charge >= 0.3 is 0 Å². The fourth-order valence-corrected chi connectivity index (χ4v) is 5.18. The van der Waals surface area contributed by atoms with Gasteiger partial charge in [0.05, 0.1) is 6.10 Å². The summed E-state index contributed by atoms with van der Waals surface area (Å²) in [6, 6.07) is 1.04. The molecule has 0 bridgehead atoms. The largest absolute Gasteiger partial charge is 0.378 e. The minimum Gasteiger partial charge on any atom is -0.378 e. The van der Waals surface area contributed by atoms with Gasteiger partial charge in [0.1, 0.15) is 0 Å². The molecule has 0 aromatic rings. The molecule has 2 aliphatic carbocycles. The fourth-order valence-electron chi connectivity index (χ4n) is 5.18. The van der Waals surface area contributed by atoms with E-state index in [2.05, 4.69) is 36.0 Å². The SMILES string of the molecule is C=CCN1CCC(NC(=NCC)NC2CC(OCC)C23CCCC3)CC1. The molecule has 0 amide bonds. The van der Waals surface area contributed by atoms with Crippen molar-refractivity contribution in [3.63, 3.8) is 0 Å². The number of ether oxygens (including phenoxy) is 1. The fraction of sp³-hybridized carbons (Fsp3) is 0.857. The van der Waals surface area contributed by atoms with Crippen LogP contribution in [0, 0.1) is 5.41 Å². The maximum atomic E-state index is 6.06. The van der Waals surface area contributed by atoms with Gasteiger partial charge in [-0.15, -0.1) is 6.58 Å². The number of aliphatic imine (C=N–C) groups is 1. The van der Waals surface area contributed by atoms with E-state index in [1.807, 2.05) is 6.08 Å². The Hall–Kier alpha value is -1.07. The van der Waals surface area contributed by atoms with Gasteiger partial charge in [-0.2, -0.15) is 0 Å². The van der Waals surface area contributed by atoms with Crippen LogP contribution >= 0.6 is 0 Å². The van der Waals surface area contributed by atoms with Crippen LogP contribution in [0.3, 0.4) is 0 Å². The second-order valence-corrected chi connectivity index (χ2v) is 8.15. The van der Waals surface area contributed by atoms with Gasteiger partial charge in [-0.25, -0.2) is 0 Å². The molecular weight excluding hydrogens is 324 g/mol. The molecule has 2 saturated carbocycles. The average molecular weight is 363 g/mol. The third-order valence-electron chi connectivity index (χ3n) is 6.63. The summed E-state index contributed by atoms with van der Waals surface area (Å²) in [4.78, 5) is 7.22. The van der Waals surface area contributed by atoms with Crippen molar-refractivity contribution in [2.24, 2.45) is 10.4 Å². The van der Waals surface area contributed by atoms with Crippen LogP contribution in [0.1, 0.15) is 58.8 Å². The molecule has 3 rings (SSSR count). The molecule has 26 heavy (non-hydrogen) atoms. The van der Waals surface area contributed by atoms with Crippen LogP contribution in [0.4, 0.5) is 0 Å². The number of nitrogens with zero attached hydrogens (tertiary/aromatic N) is 2. The van der Waals surface area contributed by atoms with Crippen molar-refractivity contribution in [3.05, 3.63) is 12.7 Å². The highest BCUT2D eigenvalue weighted by Crippen LogP contribution is 2.54. The van der Waals surface area contributed by atoms with E-state index >= 15 is 0 Å². The van der Waals surface area contributed by atoms with Gasteiger partial charge in [0.25, 0.3) is 0 Å². The van der Waals surface area contributed by atoms with E-state index in [0.717, 1.165) is 45.2 Å². The molecule has 2 N–H and O–H groups in total. The van der Waals surface area contributed by atoms with Crippen LogP contribution in [-0.4, -0.2) is 61.8 Å². The molecule has 2 atom stereocenters. The number of nitrogens with one attached hydrogen (secondary N) is 2. The molecule has 1 spiro atoms. The number of hydrogen-bond donors (Lipinski definition) is 2. The first kappa shape index (κ1) is 19.7. The lowest BCUT2D eigenvalue weighted by Crippen LogP contribution is -2.65. The zero-order valence-corrected chi connectivity index (χ0v) is 16.8. The second-order valence-electron chi connectivity index (χ2n) is 8.15. The third-order valence-corrected chi connectivity index (χ3v) is 6.63. The maximum absolute atomic E-state index is 6.06. The first-order chi connectivity index (χ1) is 12.7. The molecule has 5 heteroatoms. The first-order valence-corrected chi connectivity index (χ1v) is 10.7. The van der Waals surface area contributed by atoms with Crippen molar-refractivity contribution in [1.29, 1.82) is 0 Å². The second kappa shape index (κ2) is 9.23. The highest BCUT2D eigenvalue weighted by Gasteiger charge is 2.57. The molecule has 2 unspecified atom stereocenters. The van der Waals surface area contributed by atoms with Crippen molar-refractivity contribution in [2.75, 3.05) is 32.8 Å². The minimum atomic E-state index is 0.347. The predicted octanol–water partition coefficient (Wildman–Crippen LogP) is 2.93. The Bertz CT molecular complexity index is 478. The smallest absolute Gasteiger partial charge is 0.191 e. The highest BCUT2D eigenvalue weighted by molar-refractivity contribution is 5.80. The van der Waals surface area contributed by atoms with E-state index in [1.54, 1.807) is 0 Å². The monoisotopic (exact) mass is 362 g/mol. The van der Waals surface area contributed by atoms with Gasteiger partial charge < -0.3 is 15.4 Å². The Morgan fingerprint density at radius 1 is 1.23 bits per heavy atom. The lowest BCUT2D eigenvalue weighted by molar-refractivity contribution is -0.125. The van der Waals surface area contributed by atoms with Gasteiger partial charge in [0, 0.05) is 50.3 Å². The summed E-state index contributed by atoms with van der Waals surface area (Å²) in [6.45, 7) is 13.0. The van der Waals surface area contributed by atoms with Gasteiger partial charge in [-0.1, -0.05) is 18.9 Å². The van der Waals surface area contributed by atoms with Crippen LogP contribution in [0.5, 0.6) is 0 Å². The lowest BCUT2D eigenvalue weighted by atomic mass is 9.60. The van der Waals surface area contributed by atoms with Crippen molar-refractivity contribution >= 4 is 5.96 Å². The van der Waals surface area contributed by atoms with E-state index in [4.69, 9.17) is 9.73 Å². The summed E-state index contributed by atoms with van der Waals surface area (Å²) in [5, 5.41) is 7.51. The quantitative estimate of drug-likeness (QED) is 0.415. The zero-order chi connectivity index (χ0) is 18.4. The Morgan fingerprint density at radius 3 is 2.58 bits per heavy atom. The van der Waals surface area contributed by atoms with E-state index in [-0.39, 0.29) is 0 Å². The first-order valence-electron chi connectivity index (χ1n) is 10.7. The number of guanidine groups is 1. The van der Waals surface area contributed by atoms with E-state index < -0.39 is 0 Å². The molecule has 0 aromatic carbocycles. The molecule has 1 aliphatic heterocycles. The Morgan fingerprint density at radius 2 is 1.96 bits per heavy atom. The molecule has 148 valence electrons. The van der Waals surface area contributed by atoms with Gasteiger partial charge in [0.2, 0.25) is 0 Å². The van der Waals surface area contributed by atoms with Gasteiger partial charge in [-0.3, -0.25) is 9.89 Å². The molecule has 3 aliphatic rings. The standard InChI is InChI=1S/C21H38N4O/c1-4-13-25-14-9-17(10-15-25)23-20(22-5-2)24-18-16-19(26-6-3)21(18)11-7-8-12-21/h4,17-19H,1,5-16H2,2-3H3,(H2,22,23,24). The molecule has 0 radical (unpaired) electrons. The molecule has 1 heterocycles. The number of rotatable bonds is 7. The number of likely N-dealkylation sites (tertiary alicyclic amines) is 1. The van der Waals surface area contributed by atoms with Crippen LogP contribution in [-0.2, 0) is 4.74 Å². The summed E-state index contributed by atoms with van der Waals surface area (Å²) in [6.07, 6.45) is 11.2. The van der Waals surface area contributed by atoms with E-state index in [0.29, 0.717) is 23.6 Å².